The third-order valence-corrected chi connectivity index (χ3v) is 4.49. The van der Waals surface area contributed by atoms with E-state index in [1.165, 1.54) is 4.88 Å². The summed E-state index contributed by atoms with van der Waals surface area (Å²) in [5, 5.41) is 6.94. The molecule has 1 aromatic heterocycles. The second kappa shape index (κ2) is 7.43. The van der Waals surface area contributed by atoms with Crippen LogP contribution in [0.25, 0.3) is 0 Å². The maximum absolute atomic E-state index is 6.00. The maximum atomic E-state index is 6.00. The molecule has 20 heavy (non-hydrogen) atoms. The van der Waals surface area contributed by atoms with Crippen molar-refractivity contribution in [1.82, 2.24) is 10.2 Å². The van der Waals surface area contributed by atoms with Crippen LogP contribution in [0.3, 0.4) is 0 Å². The summed E-state index contributed by atoms with van der Waals surface area (Å²) in [5.41, 5.74) is 1.10. The lowest BCUT2D eigenvalue weighted by Gasteiger charge is -2.23. The molecule has 0 fully saturated rings. The van der Waals surface area contributed by atoms with Gasteiger partial charge in [-0.1, -0.05) is 29.3 Å². The Balaban J connectivity index is 1.93. The van der Waals surface area contributed by atoms with Crippen molar-refractivity contribution >= 4 is 34.5 Å². The molecule has 1 heterocycles. The van der Waals surface area contributed by atoms with Crippen molar-refractivity contribution in [2.45, 2.75) is 12.6 Å². The number of likely N-dealkylation sites (N-methyl/N-ethyl adjacent to an activating group) is 1. The van der Waals surface area contributed by atoms with Gasteiger partial charge in [0.1, 0.15) is 0 Å². The van der Waals surface area contributed by atoms with Crippen LogP contribution in [0.4, 0.5) is 0 Å². The molecular weight excluding hydrogens is 311 g/mol. The normalized spacial score (nSPS) is 12.8. The van der Waals surface area contributed by atoms with Gasteiger partial charge in [-0.15, -0.1) is 11.3 Å². The minimum Gasteiger partial charge on any atom is -0.311 e. The van der Waals surface area contributed by atoms with Crippen LogP contribution in [0.5, 0.6) is 0 Å². The number of rotatable bonds is 6. The van der Waals surface area contributed by atoms with Gasteiger partial charge in [0.25, 0.3) is 0 Å². The van der Waals surface area contributed by atoms with Crippen LogP contribution >= 0.6 is 34.5 Å². The number of nitrogens with zero attached hydrogens (tertiary/aromatic N) is 1. The van der Waals surface area contributed by atoms with Gasteiger partial charge in [-0.25, -0.2) is 0 Å². The predicted octanol–water partition coefficient (Wildman–Crippen LogP) is 4.45. The molecule has 0 saturated heterocycles. The van der Waals surface area contributed by atoms with Gasteiger partial charge in [0, 0.05) is 28.0 Å². The Morgan fingerprint density at radius 1 is 1.20 bits per heavy atom. The van der Waals surface area contributed by atoms with E-state index in [0.717, 1.165) is 18.7 Å². The number of hydrogen-bond acceptors (Lipinski definition) is 3. The molecule has 5 heteroatoms. The first-order valence-corrected chi connectivity index (χ1v) is 8.05. The number of halogens is 2. The molecule has 108 valence electrons. The van der Waals surface area contributed by atoms with Gasteiger partial charge in [-0.3, -0.25) is 0 Å². The third-order valence-electron chi connectivity index (χ3n) is 3.08. The van der Waals surface area contributed by atoms with Crippen LogP contribution in [-0.2, 0) is 6.54 Å². The SMILES string of the molecule is CN(C)C(CNCc1cc(Cl)cc(Cl)c1)c1cccs1. The zero-order chi connectivity index (χ0) is 14.5. The highest BCUT2D eigenvalue weighted by Gasteiger charge is 2.14. The van der Waals surface area contributed by atoms with Crippen molar-refractivity contribution in [3.8, 4) is 0 Å². The molecule has 0 radical (unpaired) electrons. The summed E-state index contributed by atoms with van der Waals surface area (Å²) >= 11 is 13.8. The first kappa shape index (κ1) is 15.8. The van der Waals surface area contributed by atoms with Gasteiger partial charge in [-0.2, -0.15) is 0 Å². The number of benzene rings is 1. The molecule has 0 saturated carbocycles. The Labute approximate surface area is 134 Å². The van der Waals surface area contributed by atoms with Crippen LogP contribution < -0.4 is 5.32 Å². The summed E-state index contributed by atoms with van der Waals surface area (Å²) in [6.45, 7) is 1.65. The van der Waals surface area contributed by atoms with Gasteiger partial charge in [0.15, 0.2) is 0 Å². The zero-order valence-electron chi connectivity index (χ0n) is 11.6. The van der Waals surface area contributed by atoms with Gasteiger partial charge in [0.05, 0.1) is 6.04 Å². The number of hydrogen-bond donors (Lipinski definition) is 1. The van der Waals surface area contributed by atoms with Gasteiger partial charge in [-0.05, 0) is 49.3 Å². The molecule has 2 aromatic rings. The first-order chi connectivity index (χ1) is 9.56. The van der Waals surface area contributed by atoms with E-state index < -0.39 is 0 Å². The topological polar surface area (TPSA) is 15.3 Å². The quantitative estimate of drug-likeness (QED) is 0.842. The second-order valence-corrected chi connectivity index (χ2v) is 6.76. The van der Waals surface area contributed by atoms with E-state index >= 15 is 0 Å². The minimum atomic E-state index is 0.379. The Morgan fingerprint density at radius 3 is 2.45 bits per heavy atom. The smallest absolute Gasteiger partial charge is 0.0561 e. The molecule has 0 spiro atoms. The molecule has 0 bridgehead atoms. The zero-order valence-corrected chi connectivity index (χ0v) is 13.9. The average Bonchev–Trinajstić information content (AvgIpc) is 2.86. The second-order valence-electron chi connectivity index (χ2n) is 4.90. The molecule has 2 rings (SSSR count). The van der Waals surface area contributed by atoms with Crippen molar-refractivity contribution in [2.75, 3.05) is 20.6 Å². The lowest BCUT2D eigenvalue weighted by molar-refractivity contribution is 0.292. The molecule has 0 aliphatic carbocycles. The van der Waals surface area contributed by atoms with Crippen LogP contribution in [0.1, 0.15) is 16.5 Å². The minimum absolute atomic E-state index is 0.379. The Bertz CT molecular complexity index is 521. The van der Waals surface area contributed by atoms with E-state index in [0.29, 0.717) is 16.1 Å². The van der Waals surface area contributed by atoms with Crippen LogP contribution in [0.2, 0.25) is 10.0 Å². The summed E-state index contributed by atoms with van der Waals surface area (Å²) in [5.74, 6) is 0. The molecule has 0 aliphatic rings. The van der Waals surface area contributed by atoms with Crippen LogP contribution in [0, 0.1) is 0 Å². The largest absolute Gasteiger partial charge is 0.311 e. The van der Waals surface area contributed by atoms with Crippen molar-refractivity contribution in [3.05, 3.63) is 56.2 Å². The molecule has 1 N–H and O–H groups in total. The summed E-state index contributed by atoms with van der Waals surface area (Å²) < 4.78 is 0. The Hall–Kier alpha value is -0.580. The van der Waals surface area contributed by atoms with Crippen molar-refractivity contribution < 1.29 is 0 Å². The predicted molar refractivity (Wildman–Crippen MR) is 88.9 cm³/mol. The molecule has 1 aromatic carbocycles. The molecule has 1 atom stereocenters. The maximum Gasteiger partial charge on any atom is 0.0561 e. The van der Waals surface area contributed by atoms with E-state index in [9.17, 15) is 0 Å². The van der Waals surface area contributed by atoms with Crippen molar-refractivity contribution in [2.24, 2.45) is 0 Å². The van der Waals surface area contributed by atoms with Crippen molar-refractivity contribution in [1.29, 1.82) is 0 Å². The molecule has 0 amide bonds. The summed E-state index contributed by atoms with van der Waals surface area (Å²) in [4.78, 5) is 3.59. The molecule has 2 nitrogen and oxygen atoms in total. The molecule has 1 unspecified atom stereocenters. The monoisotopic (exact) mass is 328 g/mol. The lowest BCUT2D eigenvalue weighted by Crippen LogP contribution is -2.30. The van der Waals surface area contributed by atoms with E-state index in [1.54, 1.807) is 17.4 Å². The Kier molecular flexibility index (Phi) is 5.87. The fourth-order valence-corrected chi connectivity index (χ4v) is 3.58. The first-order valence-electron chi connectivity index (χ1n) is 6.42. The van der Waals surface area contributed by atoms with E-state index in [1.807, 2.05) is 12.1 Å². The van der Waals surface area contributed by atoms with Gasteiger partial charge >= 0.3 is 0 Å². The highest BCUT2D eigenvalue weighted by atomic mass is 35.5. The van der Waals surface area contributed by atoms with Gasteiger partial charge < -0.3 is 10.2 Å². The number of nitrogens with one attached hydrogen (secondary N) is 1. The lowest BCUT2D eigenvalue weighted by atomic mass is 10.2. The fraction of sp³-hybridized carbons (Fsp3) is 0.333. The average molecular weight is 329 g/mol. The Morgan fingerprint density at radius 2 is 1.90 bits per heavy atom. The fourth-order valence-electron chi connectivity index (χ4n) is 2.08. The summed E-state index contributed by atoms with van der Waals surface area (Å²) in [6.07, 6.45) is 0. The highest BCUT2D eigenvalue weighted by Crippen LogP contribution is 2.23. The van der Waals surface area contributed by atoms with Crippen LogP contribution in [-0.4, -0.2) is 25.5 Å². The van der Waals surface area contributed by atoms with Crippen molar-refractivity contribution in [3.63, 3.8) is 0 Å². The van der Waals surface area contributed by atoms with E-state index in [4.69, 9.17) is 23.2 Å². The van der Waals surface area contributed by atoms with E-state index in [-0.39, 0.29) is 0 Å². The van der Waals surface area contributed by atoms with E-state index in [2.05, 4.69) is 41.8 Å². The molecule has 0 aliphatic heterocycles. The number of thiophene rings is 1. The molecular formula is C15H18Cl2N2S. The van der Waals surface area contributed by atoms with Crippen LogP contribution in [0.15, 0.2) is 35.7 Å². The summed E-state index contributed by atoms with van der Waals surface area (Å²) in [6, 6.07) is 10.3. The van der Waals surface area contributed by atoms with Gasteiger partial charge in [0.2, 0.25) is 0 Å². The third kappa shape index (κ3) is 4.47. The standard InChI is InChI=1S/C15H18Cl2N2S/c1-19(2)14(15-4-3-5-20-15)10-18-9-11-6-12(16)8-13(17)7-11/h3-8,14,18H,9-10H2,1-2H3. The summed E-state index contributed by atoms with van der Waals surface area (Å²) in [7, 11) is 4.20. The highest BCUT2D eigenvalue weighted by molar-refractivity contribution is 7.10.